The molecule has 0 radical (unpaired) electrons. The van der Waals surface area contributed by atoms with E-state index in [0.29, 0.717) is 5.69 Å². The van der Waals surface area contributed by atoms with Gasteiger partial charge in [-0.25, -0.2) is 4.79 Å². The van der Waals surface area contributed by atoms with Gasteiger partial charge in [-0.3, -0.25) is 9.89 Å². The van der Waals surface area contributed by atoms with Crippen molar-refractivity contribution in [3.05, 3.63) is 35.9 Å². The van der Waals surface area contributed by atoms with Crippen LogP contribution in [0, 0.1) is 0 Å². The number of ether oxygens (including phenoxy) is 2. The second-order valence-corrected chi connectivity index (χ2v) is 4.43. The zero-order valence-electron chi connectivity index (χ0n) is 11.3. The van der Waals surface area contributed by atoms with E-state index < -0.39 is 11.8 Å². The maximum atomic E-state index is 11.8. The molecule has 0 unspecified atom stereocenters. The molecule has 0 aliphatic carbocycles. The fourth-order valence-electron chi connectivity index (χ4n) is 2.06. The molecule has 21 heavy (non-hydrogen) atoms. The molecule has 7 heteroatoms. The summed E-state index contributed by atoms with van der Waals surface area (Å²) in [6.07, 6.45) is 1.71. The molecule has 0 amide bonds. The number of rotatable bonds is 4. The van der Waals surface area contributed by atoms with E-state index in [-0.39, 0.29) is 24.7 Å². The van der Waals surface area contributed by atoms with Gasteiger partial charge < -0.3 is 14.8 Å². The fourth-order valence-corrected chi connectivity index (χ4v) is 2.06. The molecule has 7 nitrogen and oxygen atoms in total. The molecule has 1 aliphatic heterocycles. The SMILES string of the molecule is CCOC(=O)C1=C(Nc2ccc3cn[nH]c3c2)OCC1=O. The number of hydrogen-bond donors (Lipinski definition) is 2. The second kappa shape index (κ2) is 5.28. The molecule has 0 saturated heterocycles. The summed E-state index contributed by atoms with van der Waals surface area (Å²) >= 11 is 0. The maximum Gasteiger partial charge on any atom is 0.347 e. The highest BCUT2D eigenvalue weighted by molar-refractivity contribution is 6.19. The van der Waals surface area contributed by atoms with Crippen LogP contribution in [0.5, 0.6) is 0 Å². The summed E-state index contributed by atoms with van der Waals surface area (Å²) in [6, 6.07) is 5.48. The van der Waals surface area contributed by atoms with Crippen LogP contribution < -0.4 is 5.32 Å². The van der Waals surface area contributed by atoms with Gasteiger partial charge >= 0.3 is 5.97 Å². The van der Waals surface area contributed by atoms with Crippen LogP contribution in [0.25, 0.3) is 10.9 Å². The van der Waals surface area contributed by atoms with Crippen molar-refractivity contribution in [3.63, 3.8) is 0 Å². The summed E-state index contributed by atoms with van der Waals surface area (Å²) in [6.45, 7) is 1.71. The molecule has 2 N–H and O–H groups in total. The smallest absolute Gasteiger partial charge is 0.347 e. The number of fused-ring (bicyclic) bond motifs is 1. The van der Waals surface area contributed by atoms with Crippen molar-refractivity contribution in [2.45, 2.75) is 6.92 Å². The number of carbonyl (C=O) groups excluding carboxylic acids is 2. The molecule has 1 aromatic heterocycles. The van der Waals surface area contributed by atoms with E-state index in [2.05, 4.69) is 15.5 Å². The van der Waals surface area contributed by atoms with E-state index in [1.54, 1.807) is 19.2 Å². The van der Waals surface area contributed by atoms with Gasteiger partial charge in [-0.1, -0.05) is 0 Å². The molecule has 2 heterocycles. The third kappa shape index (κ3) is 2.45. The Hall–Kier alpha value is -2.83. The average Bonchev–Trinajstić information content (AvgIpc) is 3.05. The highest BCUT2D eigenvalue weighted by Gasteiger charge is 2.32. The van der Waals surface area contributed by atoms with Crippen LogP contribution in [-0.2, 0) is 19.1 Å². The highest BCUT2D eigenvalue weighted by Crippen LogP contribution is 2.23. The molecule has 108 valence electrons. The van der Waals surface area contributed by atoms with Crippen molar-refractivity contribution >= 4 is 28.3 Å². The number of Topliss-reactive ketones (excluding diaryl/α,β-unsaturated/α-hetero) is 1. The number of nitrogens with one attached hydrogen (secondary N) is 2. The van der Waals surface area contributed by atoms with Gasteiger partial charge in [0.2, 0.25) is 11.7 Å². The Morgan fingerprint density at radius 1 is 1.52 bits per heavy atom. The largest absolute Gasteiger partial charge is 0.470 e. The summed E-state index contributed by atoms with van der Waals surface area (Å²) in [7, 11) is 0. The zero-order valence-corrected chi connectivity index (χ0v) is 11.3. The first kappa shape index (κ1) is 13.2. The van der Waals surface area contributed by atoms with Crippen molar-refractivity contribution in [2.24, 2.45) is 0 Å². The molecule has 0 saturated carbocycles. The normalized spacial score (nSPS) is 14.4. The number of benzene rings is 1. The average molecular weight is 287 g/mol. The minimum atomic E-state index is -0.676. The topological polar surface area (TPSA) is 93.3 Å². The first-order chi connectivity index (χ1) is 10.2. The quantitative estimate of drug-likeness (QED) is 0.651. The fraction of sp³-hybridized carbons (Fsp3) is 0.214. The molecule has 1 aliphatic rings. The number of aromatic nitrogens is 2. The molecule has 3 rings (SSSR count). The minimum absolute atomic E-state index is 0.0819. The number of anilines is 1. The summed E-state index contributed by atoms with van der Waals surface area (Å²) in [5, 5.41) is 10.7. The lowest BCUT2D eigenvalue weighted by atomic mass is 10.2. The Morgan fingerprint density at radius 3 is 3.19 bits per heavy atom. The van der Waals surface area contributed by atoms with Crippen molar-refractivity contribution in [3.8, 4) is 0 Å². The van der Waals surface area contributed by atoms with Crippen molar-refractivity contribution in [1.82, 2.24) is 10.2 Å². The van der Waals surface area contributed by atoms with Crippen LogP contribution in [0.4, 0.5) is 5.69 Å². The molecule has 1 aromatic carbocycles. The lowest BCUT2D eigenvalue weighted by Crippen LogP contribution is -2.16. The number of esters is 1. The molecular formula is C14H13N3O4. The Bertz CT molecular complexity index is 748. The van der Waals surface area contributed by atoms with Gasteiger partial charge in [-0.05, 0) is 25.1 Å². The van der Waals surface area contributed by atoms with Crippen LogP contribution in [0.15, 0.2) is 35.9 Å². The van der Waals surface area contributed by atoms with Gasteiger partial charge in [-0.15, -0.1) is 0 Å². The zero-order chi connectivity index (χ0) is 14.8. The molecule has 0 atom stereocenters. The number of nitrogens with zero attached hydrogens (tertiary/aromatic N) is 1. The lowest BCUT2D eigenvalue weighted by molar-refractivity contribution is -0.139. The number of aromatic amines is 1. The Balaban J connectivity index is 1.90. The van der Waals surface area contributed by atoms with E-state index in [9.17, 15) is 9.59 Å². The number of carbonyl (C=O) groups is 2. The Labute approximate surface area is 119 Å². The van der Waals surface area contributed by atoms with Crippen molar-refractivity contribution in [2.75, 3.05) is 18.5 Å². The van der Waals surface area contributed by atoms with Gasteiger partial charge in [0.25, 0.3) is 0 Å². The molecule has 0 fully saturated rings. The monoisotopic (exact) mass is 287 g/mol. The van der Waals surface area contributed by atoms with E-state index >= 15 is 0 Å². The number of H-pyrrole nitrogens is 1. The standard InChI is InChI=1S/C14H13N3O4/c1-2-20-14(19)12-11(18)7-21-13(12)16-9-4-3-8-6-15-17-10(8)5-9/h3-6,16H,2,7H2,1H3,(H,15,17). The van der Waals surface area contributed by atoms with Crippen molar-refractivity contribution < 1.29 is 19.1 Å². The van der Waals surface area contributed by atoms with Gasteiger partial charge in [0, 0.05) is 11.1 Å². The van der Waals surface area contributed by atoms with Gasteiger partial charge in [0.1, 0.15) is 0 Å². The first-order valence-corrected chi connectivity index (χ1v) is 6.46. The van der Waals surface area contributed by atoms with Gasteiger partial charge in [-0.2, -0.15) is 5.10 Å². The van der Waals surface area contributed by atoms with Gasteiger partial charge in [0.05, 0.1) is 18.3 Å². The molecular weight excluding hydrogens is 274 g/mol. The van der Waals surface area contributed by atoms with E-state index in [1.165, 1.54) is 0 Å². The summed E-state index contributed by atoms with van der Waals surface area (Å²) in [5.41, 5.74) is 1.43. The van der Waals surface area contributed by atoms with E-state index in [4.69, 9.17) is 9.47 Å². The third-order valence-corrected chi connectivity index (χ3v) is 3.03. The van der Waals surface area contributed by atoms with Crippen LogP contribution in [0.2, 0.25) is 0 Å². The highest BCUT2D eigenvalue weighted by atomic mass is 16.5. The van der Waals surface area contributed by atoms with Crippen LogP contribution in [0.1, 0.15) is 6.92 Å². The van der Waals surface area contributed by atoms with E-state index in [1.807, 2.05) is 12.1 Å². The Kier molecular flexibility index (Phi) is 3.31. The predicted molar refractivity (Wildman–Crippen MR) is 74.3 cm³/mol. The Morgan fingerprint density at radius 2 is 2.38 bits per heavy atom. The number of ketones is 1. The summed E-state index contributed by atoms with van der Waals surface area (Å²) < 4.78 is 10.1. The molecule has 2 aromatic rings. The first-order valence-electron chi connectivity index (χ1n) is 6.46. The summed E-state index contributed by atoms with van der Waals surface area (Å²) in [5.74, 6) is -0.944. The van der Waals surface area contributed by atoms with Crippen molar-refractivity contribution in [1.29, 1.82) is 0 Å². The van der Waals surface area contributed by atoms with E-state index in [0.717, 1.165) is 10.9 Å². The van der Waals surface area contributed by atoms with Crippen LogP contribution >= 0.6 is 0 Å². The second-order valence-electron chi connectivity index (χ2n) is 4.43. The van der Waals surface area contributed by atoms with Crippen LogP contribution in [-0.4, -0.2) is 35.2 Å². The minimum Gasteiger partial charge on any atom is -0.470 e. The molecule has 0 bridgehead atoms. The third-order valence-electron chi connectivity index (χ3n) is 3.03. The summed E-state index contributed by atoms with van der Waals surface area (Å²) in [4.78, 5) is 23.5. The van der Waals surface area contributed by atoms with Crippen LogP contribution in [0.3, 0.4) is 0 Å². The molecule has 0 spiro atoms. The number of hydrogen-bond acceptors (Lipinski definition) is 6. The predicted octanol–water partition coefficient (Wildman–Crippen LogP) is 1.35. The maximum absolute atomic E-state index is 11.8. The van der Waals surface area contributed by atoms with Gasteiger partial charge in [0.15, 0.2) is 12.2 Å². The lowest BCUT2D eigenvalue weighted by Gasteiger charge is -2.08.